The van der Waals surface area contributed by atoms with E-state index >= 15 is 0 Å². The van der Waals surface area contributed by atoms with Crippen LogP contribution < -0.4 is 0 Å². The molecule has 1 aromatic carbocycles. The van der Waals surface area contributed by atoms with E-state index in [9.17, 15) is 9.59 Å². The first-order valence-corrected chi connectivity index (χ1v) is 10.3. The van der Waals surface area contributed by atoms with Crippen molar-refractivity contribution in [1.29, 1.82) is 0 Å². The lowest BCUT2D eigenvalue weighted by Gasteiger charge is -2.28. The molecule has 4 nitrogen and oxygen atoms in total. The van der Waals surface area contributed by atoms with Gasteiger partial charge >= 0.3 is 0 Å². The van der Waals surface area contributed by atoms with Gasteiger partial charge in [0, 0.05) is 17.0 Å². The Labute approximate surface area is 172 Å². The SMILES string of the molecule is CCC(C)(C)C(=O)C(=O)N1CCC[C@H]1C(=S)OCCCc1ccccc1Cl. The number of ketones is 1. The number of hydrogen-bond acceptors (Lipinski definition) is 4. The summed E-state index contributed by atoms with van der Waals surface area (Å²) in [6, 6.07) is 7.45. The molecule has 0 aromatic heterocycles. The van der Waals surface area contributed by atoms with Crippen LogP contribution in [0.2, 0.25) is 5.02 Å². The van der Waals surface area contributed by atoms with E-state index in [4.69, 9.17) is 28.6 Å². The van der Waals surface area contributed by atoms with Gasteiger partial charge in [-0.15, -0.1) is 0 Å². The molecule has 0 radical (unpaired) electrons. The predicted molar refractivity (Wildman–Crippen MR) is 112 cm³/mol. The number of carbonyl (C=O) groups excluding carboxylic acids is 2. The first-order chi connectivity index (χ1) is 12.8. The summed E-state index contributed by atoms with van der Waals surface area (Å²) >= 11 is 11.6. The third kappa shape index (κ3) is 5.52. The minimum atomic E-state index is -0.651. The summed E-state index contributed by atoms with van der Waals surface area (Å²) in [7, 11) is 0. The van der Waals surface area contributed by atoms with Crippen LogP contribution >= 0.6 is 23.8 Å². The lowest BCUT2D eigenvalue weighted by molar-refractivity contribution is -0.149. The Kier molecular flexibility index (Phi) is 7.80. The predicted octanol–water partition coefficient (Wildman–Crippen LogP) is 4.61. The maximum Gasteiger partial charge on any atom is 0.291 e. The second kappa shape index (κ2) is 9.65. The van der Waals surface area contributed by atoms with Crippen molar-refractivity contribution in [2.75, 3.05) is 13.2 Å². The van der Waals surface area contributed by atoms with Gasteiger partial charge in [-0.05, 0) is 56.0 Å². The number of thiocarbonyl (C=S) groups is 1. The summed E-state index contributed by atoms with van der Waals surface area (Å²) in [5, 5.41) is 1.16. The van der Waals surface area contributed by atoms with Crippen molar-refractivity contribution in [3.05, 3.63) is 34.9 Å². The highest BCUT2D eigenvalue weighted by atomic mass is 35.5. The molecule has 1 atom stereocenters. The first-order valence-electron chi connectivity index (χ1n) is 9.53. The van der Waals surface area contributed by atoms with Gasteiger partial charge < -0.3 is 9.64 Å². The van der Waals surface area contributed by atoms with Gasteiger partial charge in [-0.3, -0.25) is 9.59 Å². The highest BCUT2D eigenvalue weighted by Crippen LogP contribution is 2.26. The number of ether oxygens (including phenoxy) is 1. The lowest BCUT2D eigenvalue weighted by Crippen LogP contribution is -2.47. The Hall–Kier alpha value is -1.46. The zero-order chi connectivity index (χ0) is 20.0. The minimum Gasteiger partial charge on any atom is -0.485 e. The van der Waals surface area contributed by atoms with Crippen molar-refractivity contribution in [3.8, 4) is 0 Å². The number of halogens is 1. The average Bonchev–Trinajstić information content (AvgIpc) is 3.15. The Morgan fingerprint density at radius 2 is 2.04 bits per heavy atom. The lowest BCUT2D eigenvalue weighted by atomic mass is 9.84. The van der Waals surface area contributed by atoms with Crippen LogP contribution in [0.25, 0.3) is 0 Å². The Balaban J connectivity index is 1.87. The van der Waals surface area contributed by atoms with Crippen molar-refractivity contribution < 1.29 is 14.3 Å². The van der Waals surface area contributed by atoms with Gasteiger partial charge in [0.2, 0.25) is 5.78 Å². The number of amides is 1. The van der Waals surface area contributed by atoms with Crippen LogP contribution in [0.1, 0.15) is 52.0 Å². The van der Waals surface area contributed by atoms with Crippen molar-refractivity contribution in [1.82, 2.24) is 4.90 Å². The third-order valence-corrected chi connectivity index (χ3v) is 6.03. The minimum absolute atomic E-state index is 0.288. The number of Topliss-reactive ketones (excluding diaryl/α,β-unsaturated/α-hetero) is 1. The van der Waals surface area contributed by atoms with Crippen LogP contribution in [-0.4, -0.2) is 40.8 Å². The van der Waals surface area contributed by atoms with Crippen molar-refractivity contribution in [2.45, 2.75) is 58.9 Å². The third-order valence-electron chi connectivity index (χ3n) is 5.27. The van der Waals surface area contributed by atoms with E-state index in [1.54, 1.807) is 4.90 Å². The summed E-state index contributed by atoms with van der Waals surface area (Å²) in [6.45, 7) is 6.55. The number of rotatable bonds is 8. The Bertz CT molecular complexity index is 704. The molecule has 2 rings (SSSR count). The summed E-state index contributed by atoms with van der Waals surface area (Å²) < 4.78 is 5.74. The number of carbonyl (C=O) groups is 2. The van der Waals surface area contributed by atoms with Gasteiger partial charge in [0.25, 0.3) is 5.91 Å². The van der Waals surface area contributed by atoms with E-state index < -0.39 is 11.3 Å². The van der Waals surface area contributed by atoms with E-state index in [1.165, 1.54) is 0 Å². The van der Waals surface area contributed by atoms with E-state index in [1.807, 2.05) is 45.0 Å². The second-order valence-electron chi connectivity index (χ2n) is 7.59. The molecule has 0 unspecified atom stereocenters. The van der Waals surface area contributed by atoms with Gasteiger partial charge in [0.05, 0.1) is 6.61 Å². The van der Waals surface area contributed by atoms with Crippen molar-refractivity contribution in [2.24, 2.45) is 5.41 Å². The molecule has 0 aliphatic carbocycles. The van der Waals surface area contributed by atoms with Gasteiger partial charge in [-0.1, -0.05) is 50.6 Å². The van der Waals surface area contributed by atoms with Gasteiger partial charge in [-0.25, -0.2) is 0 Å². The fourth-order valence-corrected chi connectivity index (χ4v) is 3.63. The molecule has 1 aromatic rings. The molecule has 0 N–H and O–H groups in total. The summed E-state index contributed by atoms with van der Waals surface area (Å²) in [5.41, 5.74) is 0.431. The fourth-order valence-electron chi connectivity index (χ4n) is 3.07. The zero-order valence-corrected chi connectivity index (χ0v) is 17.9. The zero-order valence-electron chi connectivity index (χ0n) is 16.3. The van der Waals surface area contributed by atoms with Crippen molar-refractivity contribution in [3.63, 3.8) is 0 Å². The fraction of sp³-hybridized carbons (Fsp3) is 0.571. The van der Waals surface area contributed by atoms with Crippen LogP contribution in [0.3, 0.4) is 0 Å². The molecule has 1 aliphatic rings. The molecule has 1 saturated heterocycles. The van der Waals surface area contributed by atoms with E-state index in [-0.39, 0.29) is 11.8 Å². The molecule has 1 aliphatic heterocycles. The molecule has 0 spiro atoms. The van der Waals surface area contributed by atoms with Crippen LogP contribution in [0, 0.1) is 5.41 Å². The molecule has 148 valence electrons. The first kappa shape index (κ1) is 21.8. The average molecular weight is 410 g/mol. The summed E-state index contributed by atoms with van der Waals surface area (Å²) in [6.07, 6.45) is 3.79. The van der Waals surface area contributed by atoms with E-state index in [2.05, 4.69) is 0 Å². The monoisotopic (exact) mass is 409 g/mol. The summed E-state index contributed by atoms with van der Waals surface area (Å²) in [4.78, 5) is 26.8. The Morgan fingerprint density at radius 3 is 2.70 bits per heavy atom. The van der Waals surface area contributed by atoms with Gasteiger partial charge in [0.1, 0.15) is 6.04 Å². The maximum atomic E-state index is 12.7. The van der Waals surface area contributed by atoms with Gasteiger partial charge in [-0.2, -0.15) is 0 Å². The molecule has 27 heavy (non-hydrogen) atoms. The standard InChI is InChI=1S/C21H28ClNO3S/c1-4-21(2,3)18(24)19(25)23-13-7-12-17(23)20(27)26-14-8-10-15-9-5-6-11-16(15)22/h5-6,9,11,17H,4,7-8,10,12-14H2,1-3H3/t17-/m0/s1. The molecular formula is C21H28ClNO3S. The van der Waals surface area contributed by atoms with Crippen molar-refractivity contribution >= 4 is 40.6 Å². The van der Waals surface area contributed by atoms with Crippen LogP contribution in [0.4, 0.5) is 0 Å². The number of aryl methyl sites for hydroxylation is 1. The second-order valence-corrected chi connectivity index (χ2v) is 8.40. The molecule has 1 heterocycles. The highest BCUT2D eigenvalue weighted by molar-refractivity contribution is 7.80. The highest BCUT2D eigenvalue weighted by Gasteiger charge is 2.40. The number of benzene rings is 1. The van der Waals surface area contributed by atoms with E-state index in [0.717, 1.165) is 36.3 Å². The van der Waals surface area contributed by atoms with Crippen LogP contribution in [-0.2, 0) is 20.7 Å². The topological polar surface area (TPSA) is 46.6 Å². The molecular weight excluding hydrogens is 382 g/mol. The molecule has 0 bridgehead atoms. The smallest absolute Gasteiger partial charge is 0.291 e. The molecule has 6 heteroatoms. The van der Waals surface area contributed by atoms with E-state index in [0.29, 0.717) is 24.6 Å². The number of likely N-dealkylation sites (tertiary alicyclic amines) is 1. The maximum absolute atomic E-state index is 12.7. The summed E-state index contributed by atoms with van der Waals surface area (Å²) in [5.74, 6) is -0.787. The van der Waals surface area contributed by atoms with Gasteiger partial charge in [0.15, 0.2) is 5.05 Å². The number of hydrogen-bond donors (Lipinski definition) is 0. The molecule has 1 fully saturated rings. The quantitative estimate of drug-likeness (QED) is 0.357. The molecule has 0 saturated carbocycles. The Morgan fingerprint density at radius 1 is 1.33 bits per heavy atom. The largest absolute Gasteiger partial charge is 0.485 e. The number of nitrogens with zero attached hydrogens (tertiary/aromatic N) is 1. The van der Waals surface area contributed by atoms with Crippen LogP contribution in [0.15, 0.2) is 24.3 Å². The molecule has 1 amide bonds. The van der Waals surface area contributed by atoms with Crippen LogP contribution in [0.5, 0.6) is 0 Å². The normalized spacial score (nSPS) is 17.0.